The van der Waals surface area contributed by atoms with Crippen molar-refractivity contribution in [2.75, 3.05) is 10.6 Å². The Morgan fingerprint density at radius 1 is 1.14 bits per heavy atom. The second kappa shape index (κ2) is 6.57. The third-order valence-electron chi connectivity index (χ3n) is 3.71. The number of hydrogen-bond donors (Lipinski definition) is 2. The lowest BCUT2D eigenvalue weighted by Gasteiger charge is -2.15. The highest BCUT2D eigenvalue weighted by Crippen LogP contribution is 2.22. The standard InChI is InChI=1S/C17H24N4/c1-6-12(3)18-17-19-13(4)10-16(21-17)20-15-9-7-8-11(2)14(15)5/h7-10,12H,6H2,1-5H3,(H2,18,19,20,21). The lowest BCUT2D eigenvalue weighted by Crippen LogP contribution is -2.16. The summed E-state index contributed by atoms with van der Waals surface area (Å²) in [5.41, 5.74) is 4.54. The number of rotatable bonds is 5. The summed E-state index contributed by atoms with van der Waals surface area (Å²) in [5, 5.41) is 6.72. The third kappa shape index (κ3) is 3.94. The smallest absolute Gasteiger partial charge is 0.225 e. The molecule has 0 saturated carbocycles. The van der Waals surface area contributed by atoms with E-state index in [0.717, 1.165) is 23.6 Å². The van der Waals surface area contributed by atoms with Crippen molar-refractivity contribution in [3.8, 4) is 0 Å². The van der Waals surface area contributed by atoms with Gasteiger partial charge in [-0.25, -0.2) is 4.98 Å². The molecule has 21 heavy (non-hydrogen) atoms. The maximum Gasteiger partial charge on any atom is 0.225 e. The quantitative estimate of drug-likeness (QED) is 0.856. The second-order valence-electron chi connectivity index (χ2n) is 5.54. The van der Waals surface area contributed by atoms with Gasteiger partial charge >= 0.3 is 0 Å². The van der Waals surface area contributed by atoms with Crippen molar-refractivity contribution in [2.45, 2.75) is 47.1 Å². The summed E-state index contributed by atoms with van der Waals surface area (Å²) >= 11 is 0. The van der Waals surface area contributed by atoms with Gasteiger partial charge < -0.3 is 10.6 Å². The van der Waals surface area contributed by atoms with Crippen LogP contribution < -0.4 is 10.6 Å². The largest absolute Gasteiger partial charge is 0.352 e. The van der Waals surface area contributed by atoms with Crippen LogP contribution in [0.3, 0.4) is 0 Å². The van der Waals surface area contributed by atoms with E-state index in [1.807, 2.05) is 13.0 Å². The molecule has 0 aliphatic heterocycles. The lowest BCUT2D eigenvalue weighted by atomic mass is 10.1. The summed E-state index contributed by atoms with van der Waals surface area (Å²) in [6.45, 7) is 10.5. The molecule has 4 heteroatoms. The number of anilines is 3. The van der Waals surface area contributed by atoms with Crippen molar-refractivity contribution in [2.24, 2.45) is 0 Å². The Kier molecular flexibility index (Phi) is 4.78. The van der Waals surface area contributed by atoms with Gasteiger partial charge in [-0.15, -0.1) is 0 Å². The molecule has 2 rings (SSSR count). The van der Waals surface area contributed by atoms with E-state index in [-0.39, 0.29) is 0 Å². The van der Waals surface area contributed by atoms with Gasteiger partial charge in [-0.1, -0.05) is 19.1 Å². The molecule has 0 radical (unpaired) electrons. The van der Waals surface area contributed by atoms with Crippen LogP contribution in [-0.2, 0) is 0 Å². The van der Waals surface area contributed by atoms with Crippen LogP contribution >= 0.6 is 0 Å². The minimum atomic E-state index is 0.361. The van der Waals surface area contributed by atoms with E-state index < -0.39 is 0 Å². The summed E-state index contributed by atoms with van der Waals surface area (Å²) in [5.74, 6) is 1.50. The predicted octanol–water partition coefficient (Wildman–Crippen LogP) is 4.36. The minimum absolute atomic E-state index is 0.361. The average Bonchev–Trinajstić information content (AvgIpc) is 2.43. The maximum atomic E-state index is 4.55. The van der Waals surface area contributed by atoms with E-state index in [1.54, 1.807) is 0 Å². The number of nitrogens with zero attached hydrogens (tertiary/aromatic N) is 2. The van der Waals surface area contributed by atoms with Crippen molar-refractivity contribution < 1.29 is 0 Å². The first-order chi connectivity index (χ1) is 9.99. The summed E-state index contributed by atoms with van der Waals surface area (Å²) in [6, 6.07) is 8.56. The van der Waals surface area contributed by atoms with Gasteiger partial charge in [-0.05, 0) is 51.3 Å². The van der Waals surface area contributed by atoms with Gasteiger partial charge in [0.05, 0.1) is 0 Å². The Morgan fingerprint density at radius 3 is 2.62 bits per heavy atom. The number of hydrogen-bond acceptors (Lipinski definition) is 4. The molecule has 1 aromatic carbocycles. The van der Waals surface area contributed by atoms with Crippen molar-refractivity contribution >= 4 is 17.5 Å². The average molecular weight is 284 g/mol. The molecule has 1 aromatic heterocycles. The zero-order chi connectivity index (χ0) is 15.4. The zero-order valence-electron chi connectivity index (χ0n) is 13.5. The molecule has 2 N–H and O–H groups in total. The van der Waals surface area contributed by atoms with Crippen LogP contribution in [0.4, 0.5) is 17.5 Å². The van der Waals surface area contributed by atoms with Crippen LogP contribution in [0.25, 0.3) is 0 Å². The second-order valence-corrected chi connectivity index (χ2v) is 5.54. The number of nitrogens with one attached hydrogen (secondary N) is 2. The number of aryl methyl sites for hydroxylation is 2. The summed E-state index contributed by atoms with van der Waals surface area (Å²) < 4.78 is 0. The minimum Gasteiger partial charge on any atom is -0.352 e. The molecule has 2 aromatic rings. The molecule has 0 bridgehead atoms. The molecule has 0 saturated heterocycles. The van der Waals surface area contributed by atoms with Crippen molar-refractivity contribution in [1.82, 2.24) is 9.97 Å². The van der Waals surface area contributed by atoms with Gasteiger partial charge in [0.15, 0.2) is 0 Å². The molecule has 1 atom stereocenters. The van der Waals surface area contributed by atoms with E-state index >= 15 is 0 Å². The molecule has 0 fully saturated rings. The van der Waals surface area contributed by atoms with Gasteiger partial charge in [0.25, 0.3) is 0 Å². The van der Waals surface area contributed by atoms with Crippen LogP contribution in [0.1, 0.15) is 37.1 Å². The molecule has 1 unspecified atom stereocenters. The van der Waals surface area contributed by atoms with Gasteiger partial charge in [-0.2, -0.15) is 4.98 Å². The Bertz CT molecular complexity index is 622. The van der Waals surface area contributed by atoms with E-state index in [2.05, 4.69) is 66.5 Å². The SMILES string of the molecule is CCC(C)Nc1nc(C)cc(Nc2cccc(C)c2C)n1. The Labute approximate surface area is 127 Å². The monoisotopic (exact) mass is 284 g/mol. The molecular formula is C17H24N4. The van der Waals surface area contributed by atoms with E-state index in [4.69, 9.17) is 0 Å². The van der Waals surface area contributed by atoms with Gasteiger partial charge in [0.1, 0.15) is 5.82 Å². The van der Waals surface area contributed by atoms with Gasteiger partial charge in [-0.3, -0.25) is 0 Å². The summed E-state index contributed by atoms with van der Waals surface area (Å²) in [4.78, 5) is 9.00. The third-order valence-corrected chi connectivity index (χ3v) is 3.71. The van der Waals surface area contributed by atoms with E-state index in [1.165, 1.54) is 11.1 Å². The first-order valence-corrected chi connectivity index (χ1v) is 7.45. The lowest BCUT2D eigenvalue weighted by molar-refractivity contribution is 0.752. The molecule has 112 valence electrons. The first-order valence-electron chi connectivity index (χ1n) is 7.45. The Balaban J connectivity index is 2.25. The van der Waals surface area contributed by atoms with E-state index in [0.29, 0.717) is 12.0 Å². The van der Waals surface area contributed by atoms with Crippen LogP contribution in [-0.4, -0.2) is 16.0 Å². The van der Waals surface area contributed by atoms with E-state index in [9.17, 15) is 0 Å². The fourth-order valence-corrected chi connectivity index (χ4v) is 2.04. The van der Waals surface area contributed by atoms with Crippen LogP contribution in [0.2, 0.25) is 0 Å². The highest BCUT2D eigenvalue weighted by Gasteiger charge is 2.07. The molecular weight excluding hydrogens is 260 g/mol. The highest BCUT2D eigenvalue weighted by molar-refractivity contribution is 5.62. The Hall–Kier alpha value is -2.10. The van der Waals surface area contributed by atoms with Crippen molar-refractivity contribution in [3.63, 3.8) is 0 Å². The normalized spacial score (nSPS) is 12.0. The number of aromatic nitrogens is 2. The molecule has 4 nitrogen and oxygen atoms in total. The summed E-state index contributed by atoms with van der Waals surface area (Å²) in [7, 11) is 0. The van der Waals surface area contributed by atoms with Gasteiger partial charge in [0.2, 0.25) is 5.95 Å². The Morgan fingerprint density at radius 2 is 1.90 bits per heavy atom. The zero-order valence-corrected chi connectivity index (χ0v) is 13.5. The fourth-order valence-electron chi connectivity index (χ4n) is 2.04. The van der Waals surface area contributed by atoms with Crippen LogP contribution in [0, 0.1) is 20.8 Å². The first kappa shape index (κ1) is 15.3. The highest BCUT2D eigenvalue weighted by atomic mass is 15.2. The molecule has 0 amide bonds. The molecule has 0 spiro atoms. The topological polar surface area (TPSA) is 49.8 Å². The number of benzene rings is 1. The van der Waals surface area contributed by atoms with Crippen LogP contribution in [0.15, 0.2) is 24.3 Å². The van der Waals surface area contributed by atoms with Crippen LogP contribution in [0.5, 0.6) is 0 Å². The predicted molar refractivity (Wildman–Crippen MR) is 89.3 cm³/mol. The maximum absolute atomic E-state index is 4.55. The van der Waals surface area contributed by atoms with Crippen molar-refractivity contribution in [3.05, 3.63) is 41.1 Å². The summed E-state index contributed by atoms with van der Waals surface area (Å²) in [6.07, 6.45) is 1.04. The van der Waals surface area contributed by atoms with Crippen molar-refractivity contribution in [1.29, 1.82) is 0 Å². The fraction of sp³-hybridized carbons (Fsp3) is 0.412. The molecule has 0 aliphatic rings. The molecule has 0 aliphatic carbocycles. The molecule has 1 heterocycles. The van der Waals surface area contributed by atoms with Gasteiger partial charge in [0, 0.05) is 23.5 Å².